The number of hydrogen-bond acceptors (Lipinski definition) is 4. The number of β-amino-alcohol motifs (C(OH)–C–C–N with tert-alkyl or cyclic N) is 1. The summed E-state index contributed by atoms with van der Waals surface area (Å²) in [5.41, 5.74) is 8.58. The van der Waals surface area contributed by atoms with E-state index < -0.39 is 0 Å². The molecule has 1 aliphatic rings. The lowest BCUT2D eigenvalue weighted by Gasteiger charge is -2.18. The van der Waals surface area contributed by atoms with Crippen LogP contribution in [0.2, 0.25) is 0 Å². The Kier molecular flexibility index (Phi) is 2.79. The molecule has 1 aromatic rings. The van der Waals surface area contributed by atoms with Gasteiger partial charge in [0.25, 0.3) is 0 Å². The van der Waals surface area contributed by atoms with Gasteiger partial charge < -0.3 is 21.5 Å². The third-order valence-electron chi connectivity index (χ3n) is 2.77. The number of anilines is 2. The van der Waals surface area contributed by atoms with E-state index in [4.69, 9.17) is 5.73 Å². The molecular weight excluding hydrogens is 190 g/mol. The average molecular weight is 207 g/mol. The van der Waals surface area contributed by atoms with Gasteiger partial charge in [0, 0.05) is 24.5 Å². The highest BCUT2D eigenvalue weighted by Gasteiger charge is 2.24. The molecule has 2 unspecified atom stereocenters. The zero-order valence-corrected chi connectivity index (χ0v) is 8.83. The lowest BCUT2D eigenvalue weighted by atomic mass is 10.1. The van der Waals surface area contributed by atoms with Crippen molar-refractivity contribution < 1.29 is 5.11 Å². The van der Waals surface area contributed by atoms with Crippen molar-refractivity contribution in [3.05, 3.63) is 23.8 Å². The number of hydrogen-bond donors (Lipinski definition) is 4. The van der Waals surface area contributed by atoms with Crippen LogP contribution in [0.25, 0.3) is 0 Å². The van der Waals surface area contributed by atoms with Gasteiger partial charge in [0.2, 0.25) is 0 Å². The molecule has 0 spiro atoms. The van der Waals surface area contributed by atoms with Crippen LogP contribution in [0.1, 0.15) is 5.56 Å². The number of aryl methyl sites for hydroxylation is 1. The van der Waals surface area contributed by atoms with Gasteiger partial charge in [0.05, 0.1) is 12.1 Å². The van der Waals surface area contributed by atoms with Crippen LogP contribution < -0.4 is 16.4 Å². The highest BCUT2D eigenvalue weighted by molar-refractivity contribution is 5.58. The van der Waals surface area contributed by atoms with E-state index in [1.54, 1.807) is 0 Å². The third kappa shape index (κ3) is 2.22. The monoisotopic (exact) mass is 207 g/mol. The Morgan fingerprint density at radius 1 is 1.47 bits per heavy atom. The van der Waals surface area contributed by atoms with E-state index in [1.165, 1.54) is 0 Å². The fraction of sp³-hybridized carbons (Fsp3) is 0.455. The maximum Gasteiger partial charge on any atom is 0.0877 e. The van der Waals surface area contributed by atoms with Gasteiger partial charge in [-0.05, 0) is 30.7 Å². The first-order chi connectivity index (χ1) is 7.16. The van der Waals surface area contributed by atoms with Gasteiger partial charge in [-0.2, -0.15) is 0 Å². The van der Waals surface area contributed by atoms with Crippen LogP contribution in [0.5, 0.6) is 0 Å². The lowest BCUT2D eigenvalue weighted by Crippen LogP contribution is -2.32. The maximum atomic E-state index is 9.65. The highest BCUT2D eigenvalue weighted by Crippen LogP contribution is 2.19. The Labute approximate surface area is 89.5 Å². The van der Waals surface area contributed by atoms with Gasteiger partial charge in [0.15, 0.2) is 0 Å². The summed E-state index contributed by atoms with van der Waals surface area (Å²) in [6.45, 7) is 3.46. The second-order valence-corrected chi connectivity index (χ2v) is 4.05. The molecule has 1 aliphatic heterocycles. The van der Waals surface area contributed by atoms with E-state index in [-0.39, 0.29) is 12.1 Å². The Hall–Kier alpha value is -1.26. The van der Waals surface area contributed by atoms with Gasteiger partial charge in [-0.3, -0.25) is 0 Å². The summed E-state index contributed by atoms with van der Waals surface area (Å²) in [7, 11) is 0. The van der Waals surface area contributed by atoms with Gasteiger partial charge in [0.1, 0.15) is 0 Å². The smallest absolute Gasteiger partial charge is 0.0877 e. The molecule has 0 amide bonds. The third-order valence-corrected chi connectivity index (χ3v) is 2.77. The SMILES string of the molecule is Cc1cc(N)ccc1NC1CNCC1O. The van der Waals surface area contributed by atoms with Gasteiger partial charge >= 0.3 is 0 Å². The summed E-state index contributed by atoms with van der Waals surface area (Å²) < 4.78 is 0. The summed E-state index contributed by atoms with van der Waals surface area (Å²) in [6, 6.07) is 5.84. The van der Waals surface area contributed by atoms with E-state index in [1.807, 2.05) is 25.1 Å². The second kappa shape index (κ2) is 4.08. The van der Waals surface area contributed by atoms with Crippen molar-refractivity contribution in [1.82, 2.24) is 5.32 Å². The molecule has 2 rings (SSSR count). The quantitative estimate of drug-likeness (QED) is 0.527. The van der Waals surface area contributed by atoms with Gasteiger partial charge in [-0.25, -0.2) is 0 Å². The van der Waals surface area contributed by atoms with E-state index >= 15 is 0 Å². The molecule has 1 fully saturated rings. The van der Waals surface area contributed by atoms with E-state index in [2.05, 4.69) is 10.6 Å². The Morgan fingerprint density at radius 2 is 2.27 bits per heavy atom. The first kappa shape index (κ1) is 10.3. The second-order valence-electron chi connectivity index (χ2n) is 4.05. The summed E-state index contributed by atoms with van der Waals surface area (Å²) >= 11 is 0. The van der Waals surface area contributed by atoms with Gasteiger partial charge in [-0.1, -0.05) is 0 Å². The molecule has 4 heteroatoms. The van der Waals surface area contributed by atoms with Crippen LogP contribution in [0.4, 0.5) is 11.4 Å². The molecule has 82 valence electrons. The molecule has 5 N–H and O–H groups in total. The molecule has 15 heavy (non-hydrogen) atoms. The minimum Gasteiger partial charge on any atom is -0.399 e. The van der Waals surface area contributed by atoms with Crippen LogP contribution in [-0.4, -0.2) is 30.3 Å². The van der Waals surface area contributed by atoms with E-state index in [0.29, 0.717) is 6.54 Å². The minimum absolute atomic E-state index is 0.0901. The predicted molar refractivity (Wildman–Crippen MR) is 61.9 cm³/mol. The molecule has 1 saturated heterocycles. The number of nitrogens with one attached hydrogen (secondary N) is 2. The molecule has 0 radical (unpaired) electrons. The lowest BCUT2D eigenvalue weighted by molar-refractivity contribution is 0.185. The predicted octanol–water partition coefficient (Wildman–Crippen LogP) is 0.322. The van der Waals surface area contributed by atoms with Crippen LogP contribution in [0, 0.1) is 6.92 Å². The number of benzene rings is 1. The molecule has 0 saturated carbocycles. The van der Waals surface area contributed by atoms with Crippen LogP contribution in [0.3, 0.4) is 0 Å². The molecule has 1 heterocycles. The number of aliphatic hydroxyl groups excluding tert-OH is 1. The Balaban J connectivity index is 2.10. The highest BCUT2D eigenvalue weighted by atomic mass is 16.3. The summed E-state index contributed by atoms with van der Waals surface area (Å²) in [5, 5.41) is 16.1. The van der Waals surface area contributed by atoms with Crippen molar-refractivity contribution in [2.45, 2.75) is 19.1 Å². The minimum atomic E-state index is -0.318. The molecule has 0 aliphatic carbocycles. The van der Waals surface area contributed by atoms with Crippen molar-refractivity contribution in [3.8, 4) is 0 Å². The molecule has 2 atom stereocenters. The maximum absolute atomic E-state index is 9.65. The normalized spacial score (nSPS) is 25.5. The van der Waals surface area contributed by atoms with E-state index in [0.717, 1.165) is 23.5 Å². The Bertz CT molecular complexity index is 354. The fourth-order valence-electron chi connectivity index (χ4n) is 1.86. The molecule has 0 aromatic heterocycles. The summed E-state index contributed by atoms with van der Waals surface area (Å²) in [5.74, 6) is 0. The van der Waals surface area contributed by atoms with Crippen LogP contribution in [0.15, 0.2) is 18.2 Å². The van der Waals surface area contributed by atoms with Crippen molar-refractivity contribution in [2.75, 3.05) is 24.1 Å². The molecule has 4 nitrogen and oxygen atoms in total. The van der Waals surface area contributed by atoms with Crippen molar-refractivity contribution in [3.63, 3.8) is 0 Å². The number of nitrogens with two attached hydrogens (primary N) is 1. The van der Waals surface area contributed by atoms with Crippen LogP contribution >= 0.6 is 0 Å². The number of aliphatic hydroxyl groups is 1. The number of nitrogen functional groups attached to an aromatic ring is 1. The topological polar surface area (TPSA) is 70.3 Å². The first-order valence-corrected chi connectivity index (χ1v) is 5.18. The fourth-order valence-corrected chi connectivity index (χ4v) is 1.86. The zero-order chi connectivity index (χ0) is 10.8. The first-order valence-electron chi connectivity index (χ1n) is 5.18. The van der Waals surface area contributed by atoms with Crippen LogP contribution in [-0.2, 0) is 0 Å². The molecular formula is C11H17N3O. The number of rotatable bonds is 2. The van der Waals surface area contributed by atoms with Crippen molar-refractivity contribution in [1.29, 1.82) is 0 Å². The van der Waals surface area contributed by atoms with Gasteiger partial charge in [-0.15, -0.1) is 0 Å². The summed E-state index contributed by atoms with van der Waals surface area (Å²) in [4.78, 5) is 0. The van der Waals surface area contributed by atoms with Crippen molar-refractivity contribution in [2.24, 2.45) is 0 Å². The molecule has 0 bridgehead atoms. The Morgan fingerprint density at radius 3 is 2.87 bits per heavy atom. The molecule has 1 aromatic carbocycles. The van der Waals surface area contributed by atoms with Crippen molar-refractivity contribution >= 4 is 11.4 Å². The average Bonchev–Trinajstić information content (AvgIpc) is 2.57. The van der Waals surface area contributed by atoms with E-state index in [9.17, 15) is 5.11 Å². The largest absolute Gasteiger partial charge is 0.399 e. The summed E-state index contributed by atoms with van der Waals surface area (Å²) in [6.07, 6.45) is -0.318. The standard InChI is InChI=1S/C11H17N3O/c1-7-4-8(12)2-3-9(7)14-10-5-13-6-11(10)15/h2-4,10-11,13-15H,5-6,12H2,1H3. The zero-order valence-electron chi connectivity index (χ0n) is 8.83.